The quantitative estimate of drug-likeness (QED) is 0.101. The van der Waals surface area contributed by atoms with Gasteiger partial charge in [-0.2, -0.15) is 0 Å². The van der Waals surface area contributed by atoms with E-state index in [1.807, 2.05) is 146 Å². The molecule has 0 aliphatic rings. The summed E-state index contributed by atoms with van der Waals surface area (Å²) in [6, 6.07) is 67.4. The molecule has 0 aliphatic heterocycles. The number of phenols is 2. The monoisotopic (exact) mass is 790 g/mol. The predicted octanol–water partition coefficient (Wildman–Crippen LogP) is 13.2. The zero-order valence-corrected chi connectivity index (χ0v) is 34.1. The molecule has 272 valence electrons. The third kappa shape index (κ3) is 8.75. The number of para-hydroxylation sites is 6. The molecule has 0 fully saturated rings. The number of nitrogens with zero attached hydrogens (tertiary/aromatic N) is 4. The summed E-state index contributed by atoms with van der Waals surface area (Å²) < 4.78 is 0. The molecule has 0 atom stereocenters. The Morgan fingerprint density at radius 1 is 0.333 bits per heavy atom. The molecule has 7 heteroatoms. The number of rotatable bonds is 11. The summed E-state index contributed by atoms with van der Waals surface area (Å²) >= 11 is 0. The van der Waals surface area contributed by atoms with Crippen molar-refractivity contribution in [3.8, 4) is 22.6 Å². The molecule has 8 aromatic carbocycles. The van der Waals surface area contributed by atoms with E-state index in [4.69, 9.17) is 9.98 Å². The van der Waals surface area contributed by atoms with Gasteiger partial charge in [-0.1, -0.05) is 109 Å². The van der Waals surface area contributed by atoms with Crippen molar-refractivity contribution in [3.05, 3.63) is 217 Å². The van der Waals surface area contributed by atoms with Crippen molar-refractivity contribution in [1.82, 2.24) is 0 Å². The number of aliphatic imine (C=N–C) groups is 2. The van der Waals surface area contributed by atoms with Crippen LogP contribution in [0.3, 0.4) is 0 Å². The summed E-state index contributed by atoms with van der Waals surface area (Å²) in [4.78, 5) is 14.1. The first-order valence-electron chi connectivity index (χ1n) is 18.4. The van der Waals surface area contributed by atoms with E-state index in [9.17, 15) is 10.2 Å². The van der Waals surface area contributed by atoms with Gasteiger partial charge in [0.15, 0.2) is 0 Å². The molecule has 0 radical (unpaired) electrons. The van der Waals surface area contributed by atoms with E-state index < -0.39 is 0 Å². The summed E-state index contributed by atoms with van der Waals surface area (Å²) in [5, 5.41) is 22.0. The van der Waals surface area contributed by atoms with Gasteiger partial charge in [-0.25, -0.2) is 0 Å². The first-order valence-corrected chi connectivity index (χ1v) is 18.4. The molecule has 8 aromatic rings. The van der Waals surface area contributed by atoms with Crippen molar-refractivity contribution in [2.75, 3.05) is 9.80 Å². The van der Waals surface area contributed by atoms with Crippen LogP contribution in [0.5, 0.6) is 11.5 Å². The van der Waals surface area contributed by atoms with Gasteiger partial charge < -0.3 is 20.0 Å². The van der Waals surface area contributed by atoms with Crippen LogP contribution in [-0.4, -0.2) is 22.6 Å². The molecule has 6 nitrogen and oxygen atoms in total. The van der Waals surface area contributed by atoms with Gasteiger partial charge in [0, 0.05) is 88.3 Å². The fraction of sp³-hybridized carbons (Fsp3) is 0. The van der Waals surface area contributed by atoms with E-state index in [1.165, 1.54) is 0 Å². The van der Waals surface area contributed by atoms with Crippen molar-refractivity contribution in [3.63, 3.8) is 0 Å². The first kappa shape index (κ1) is 38.2. The third-order valence-corrected chi connectivity index (χ3v) is 9.38. The Hall–Kier alpha value is -7.08. The summed E-state index contributed by atoms with van der Waals surface area (Å²) in [6.07, 6.45) is 3.40. The largest absolute Gasteiger partial charge is 0.507 e. The Kier molecular flexibility index (Phi) is 12.1. The van der Waals surface area contributed by atoms with Crippen LogP contribution >= 0.6 is 0 Å². The molecule has 0 saturated heterocycles. The number of phenolic OH excluding ortho intramolecular Hbond substituents is 2. The second-order valence-corrected chi connectivity index (χ2v) is 13.0. The minimum absolute atomic E-state index is 0. The van der Waals surface area contributed by atoms with Gasteiger partial charge in [0.05, 0.1) is 11.4 Å². The second kappa shape index (κ2) is 18.0. The molecule has 2 N–H and O–H groups in total. The third-order valence-electron chi connectivity index (χ3n) is 9.38. The van der Waals surface area contributed by atoms with E-state index >= 15 is 0 Å². The zero-order chi connectivity index (χ0) is 38.1. The molecule has 57 heavy (non-hydrogen) atoms. The van der Waals surface area contributed by atoms with E-state index in [0.29, 0.717) is 22.5 Å². The van der Waals surface area contributed by atoms with Gasteiger partial charge in [-0.15, -0.1) is 0 Å². The van der Waals surface area contributed by atoms with Crippen LogP contribution < -0.4 is 9.80 Å². The number of hydrogen-bond acceptors (Lipinski definition) is 6. The Bertz CT molecular complexity index is 2360. The van der Waals surface area contributed by atoms with Gasteiger partial charge in [0.1, 0.15) is 11.5 Å². The molecule has 0 unspecified atom stereocenters. The normalized spacial score (nSPS) is 11.0. The van der Waals surface area contributed by atoms with E-state index in [0.717, 1.165) is 45.3 Å². The first-order chi connectivity index (χ1) is 27.6. The smallest absolute Gasteiger partial charge is 0.124 e. The summed E-state index contributed by atoms with van der Waals surface area (Å²) in [6.45, 7) is 0. The van der Waals surface area contributed by atoms with Gasteiger partial charge in [-0.05, 0) is 97.1 Å². The van der Waals surface area contributed by atoms with Crippen LogP contribution in [-0.2, 0) is 19.5 Å². The summed E-state index contributed by atoms with van der Waals surface area (Å²) in [5.41, 5.74) is 10.1. The number of benzene rings is 8. The van der Waals surface area contributed by atoms with Crippen molar-refractivity contribution in [2.24, 2.45) is 9.98 Å². The average molecular weight is 792 g/mol. The van der Waals surface area contributed by atoms with Crippen LogP contribution in [0.15, 0.2) is 216 Å². The Morgan fingerprint density at radius 2 is 0.632 bits per heavy atom. The maximum Gasteiger partial charge on any atom is 0.124 e. The zero-order valence-electron chi connectivity index (χ0n) is 31.2. The predicted molar refractivity (Wildman–Crippen MR) is 232 cm³/mol. The molecule has 0 bridgehead atoms. The van der Waals surface area contributed by atoms with Crippen LogP contribution in [0, 0.1) is 0 Å². The number of aromatic hydroxyl groups is 2. The second-order valence-electron chi connectivity index (χ2n) is 13.0. The molecule has 0 aliphatic carbocycles. The van der Waals surface area contributed by atoms with E-state index in [-0.39, 0.29) is 31.0 Å². The van der Waals surface area contributed by atoms with E-state index in [2.05, 4.69) is 58.3 Å². The standard InChI is InChI=1S/C50H38N4O2.Zn/c55-49-31-29-43(53(39-17-5-1-6-18-39)40-19-7-2-8-20-40)33-37(49)35-51-47-27-15-13-25-45(47)46-26-14-16-28-48(46)52-36-38-34-44(30-32-50(38)56)54(41-21-9-3-10-22-41)42-23-11-4-12-24-42;/h1-36,55-56H;. The molecule has 0 amide bonds. The van der Waals surface area contributed by atoms with E-state index in [1.54, 1.807) is 24.6 Å². The number of hydrogen-bond donors (Lipinski definition) is 2. The van der Waals surface area contributed by atoms with Crippen LogP contribution in [0.2, 0.25) is 0 Å². The Balaban J connectivity index is 0.00000496. The molecule has 8 rings (SSSR count). The Morgan fingerprint density at radius 3 is 0.965 bits per heavy atom. The fourth-order valence-corrected chi connectivity index (χ4v) is 6.68. The minimum atomic E-state index is 0. The summed E-state index contributed by atoms with van der Waals surface area (Å²) in [5.74, 6) is 0.252. The van der Waals surface area contributed by atoms with Crippen molar-refractivity contribution >= 4 is 57.9 Å². The number of anilines is 6. The van der Waals surface area contributed by atoms with Crippen molar-refractivity contribution < 1.29 is 29.7 Å². The average Bonchev–Trinajstić information content (AvgIpc) is 3.26. The van der Waals surface area contributed by atoms with Crippen molar-refractivity contribution in [2.45, 2.75) is 0 Å². The SMILES string of the molecule is Oc1ccc(N(c2ccccc2)c2ccccc2)cc1C=Nc1ccccc1-c1ccccc1N=Cc1cc(N(c2ccccc2)c2ccccc2)ccc1O.[Zn]. The van der Waals surface area contributed by atoms with Crippen molar-refractivity contribution in [1.29, 1.82) is 0 Å². The maximum atomic E-state index is 11.0. The summed E-state index contributed by atoms with van der Waals surface area (Å²) in [7, 11) is 0. The Labute approximate surface area is 345 Å². The fourth-order valence-electron chi connectivity index (χ4n) is 6.68. The molecule has 0 saturated carbocycles. The molecule has 0 heterocycles. The topological polar surface area (TPSA) is 71.7 Å². The molecular weight excluding hydrogens is 754 g/mol. The van der Waals surface area contributed by atoms with Gasteiger partial charge in [0.2, 0.25) is 0 Å². The molecule has 0 aromatic heterocycles. The minimum Gasteiger partial charge on any atom is -0.507 e. The van der Waals surface area contributed by atoms with Gasteiger partial charge >= 0.3 is 0 Å². The van der Waals surface area contributed by atoms with Crippen LogP contribution in [0.1, 0.15) is 11.1 Å². The van der Waals surface area contributed by atoms with Gasteiger partial charge in [-0.3, -0.25) is 9.98 Å². The van der Waals surface area contributed by atoms with Gasteiger partial charge in [0.25, 0.3) is 0 Å². The molecule has 0 spiro atoms. The van der Waals surface area contributed by atoms with Crippen LogP contribution in [0.4, 0.5) is 45.5 Å². The van der Waals surface area contributed by atoms with Crippen LogP contribution in [0.25, 0.3) is 11.1 Å². The maximum absolute atomic E-state index is 11.0. The molecular formula is C50H38N4O2Zn.